The van der Waals surface area contributed by atoms with Crippen LogP contribution in [0.2, 0.25) is 0 Å². The van der Waals surface area contributed by atoms with Crippen molar-refractivity contribution in [2.24, 2.45) is 11.7 Å². The zero-order valence-corrected chi connectivity index (χ0v) is 10.9. The summed E-state index contributed by atoms with van der Waals surface area (Å²) < 4.78 is 5.46. The van der Waals surface area contributed by atoms with Crippen LogP contribution in [0.15, 0.2) is 0 Å². The molecule has 2 fully saturated rings. The summed E-state index contributed by atoms with van der Waals surface area (Å²) in [4.78, 5) is 14.5. The highest BCUT2D eigenvalue weighted by Crippen LogP contribution is 2.29. The van der Waals surface area contributed by atoms with Crippen molar-refractivity contribution in [1.82, 2.24) is 4.90 Å². The first-order valence-corrected chi connectivity index (χ1v) is 6.65. The van der Waals surface area contributed by atoms with E-state index in [-0.39, 0.29) is 23.4 Å². The summed E-state index contributed by atoms with van der Waals surface area (Å²) in [5.74, 6) is 0.421. The van der Waals surface area contributed by atoms with Crippen molar-refractivity contribution in [3.8, 4) is 0 Å². The molecule has 2 rings (SSSR count). The van der Waals surface area contributed by atoms with Gasteiger partial charge in [-0.05, 0) is 33.1 Å². The van der Waals surface area contributed by atoms with Gasteiger partial charge >= 0.3 is 0 Å². The van der Waals surface area contributed by atoms with Gasteiger partial charge in [0.2, 0.25) is 5.91 Å². The standard InChI is InChI=1S/C13H24N2O2/c1-13(2)9-17-7-6-15(13)12(16)10-4-3-5-11(14)8-10/h10-11H,3-9,14H2,1-2H3. The number of morpholine rings is 1. The van der Waals surface area contributed by atoms with Gasteiger partial charge in [0.1, 0.15) is 0 Å². The molecule has 1 heterocycles. The van der Waals surface area contributed by atoms with Gasteiger partial charge in [-0.3, -0.25) is 4.79 Å². The zero-order valence-electron chi connectivity index (χ0n) is 10.9. The van der Waals surface area contributed by atoms with Crippen molar-refractivity contribution >= 4 is 5.91 Å². The molecule has 2 unspecified atom stereocenters. The van der Waals surface area contributed by atoms with E-state index in [9.17, 15) is 4.79 Å². The maximum absolute atomic E-state index is 12.5. The molecule has 1 aliphatic carbocycles. The first-order chi connectivity index (χ1) is 8.00. The SMILES string of the molecule is CC1(C)COCCN1C(=O)C1CCCC(N)C1. The average molecular weight is 240 g/mol. The van der Waals surface area contributed by atoms with E-state index in [1.54, 1.807) is 0 Å². The third kappa shape index (κ3) is 2.80. The van der Waals surface area contributed by atoms with Crippen LogP contribution >= 0.6 is 0 Å². The molecule has 0 aromatic rings. The molecule has 1 amide bonds. The summed E-state index contributed by atoms with van der Waals surface area (Å²) in [6.45, 7) is 6.17. The predicted molar refractivity (Wildman–Crippen MR) is 66.5 cm³/mol. The van der Waals surface area contributed by atoms with Crippen LogP contribution in [0.3, 0.4) is 0 Å². The van der Waals surface area contributed by atoms with Gasteiger partial charge in [0.15, 0.2) is 0 Å². The Morgan fingerprint density at radius 2 is 2.18 bits per heavy atom. The molecular formula is C13H24N2O2. The van der Waals surface area contributed by atoms with Crippen molar-refractivity contribution in [2.75, 3.05) is 19.8 Å². The van der Waals surface area contributed by atoms with Crippen molar-refractivity contribution in [3.05, 3.63) is 0 Å². The Morgan fingerprint density at radius 1 is 1.41 bits per heavy atom. The van der Waals surface area contributed by atoms with Crippen LogP contribution in [0.5, 0.6) is 0 Å². The van der Waals surface area contributed by atoms with E-state index in [0.29, 0.717) is 13.2 Å². The number of nitrogens with two attached hydrogens (primary N) is 1. The first kappa shape index (κ1) is 12.8. The normalized spacial score (nSPS) is 33.5. The minimum Gasteiger partial charge on any atom is -0.377 e. The molecule has 0 radical (unpaired) electrons. The quantitative estimate of drug-likeness (QED) is 0.748. The molecule has 0 aromatic carbocycles. The fourth-order valence-electron chi connectivity index (χ4n) is 2.94. The van der Waals surface area contributed by atoms with Crippen LogP contribution in [0.25, 0.3) is 0 Å². The fourth-order valence-corrected chi connectivity index (χ4v) is 2.94. The summed E-state index contributed by atoms with van der Waals surface area (Å²) >= 11 is 0. The Hall–Kier alpha value is -0.610. The predicted octanol–water partition coefficient (Wildman–Crippen LogP) is 1.14. The number of hydrogen-bond donors (Lipinski definition) is 1. The van der Waals surface area contributed by atoms with Crippen LogP contribution < -0.4 is 5.73 Å². The van der Waals surface area contributed by atoms with Crippen LogP contribution in [0, 0.1) is 5.92 Å². The van der Waals surface area contributed by atoms with E-state index in [2.05, 4.69) is 13.8 Å². The Labute approximate surface area is 103 Å². The summed E-state index contributed by atoms with van der Waals surface area (Å²) in [6.07, 6.45) is 4.00. The fraction of sp³-hybridized carbons (Fsp3) is 0.923. The smallest absolute Gasteiger partial charge is 0.226 e. The Kier molecular flexibility index (Phi) is 3.73. The maximum Gasteiger partial charge on any atom is 0.226 e. The third-order valence-electron chi connectivity index (χ3n) is 3.98. The zero-order chi connectivity index (χ0) is 12.5. The molecule has 4 heteroatoms. The summed E-state index contributed by atoms with van der Waals surface area (Å²) in [5, 5.41) is 0. The van der Waals surface area contributed by atoms with E-state index >= 15 is 0 Å². The summed E-state index contributed by atoms with van der Waals surface area (Å²) in [5.41, 5.74) is 5.79. The molecule has 1 saturated heterocycles. The molecule has 0 bridgehead atoms. The van der Waals surface area contributed by atoms with Gasteiger partial charge in [0.25, 0.3) is 0 Å². The van der Waals surface area contributed by atoms with Gasteiger partial charge < -0.3 is 15.4 Å². The molecule has 1 aliphatic heterocycles. The molecule has 0 aromatic heterocycles. The van der Waals surface area contributed by atoms with Gasteiger partial charge in [0.05, 0.1) is 18.8 Å². The lowest BCUT2D eigenvalue weighted by Crippen LogP contribution is -2.57. The molecule has 2 atom stereocenters. The van der Waals surface area contributed by atoms with Crippen molar-refractivity contribution < 1.29 is 9.53 Å². The van der Waals surface area contributed by atoms with Crippen molar-refractivity contribution in [3.63, 3.8) is 0 Å². The van der Waals surface area contributed by atoms with Gasteiger partial charge in [-0.25, -0.2) is 0 Å². The highest BCUT2D eigenvalue weighted by atomic mass is 16.5. The number of hydrogen-bond acceptors (Lipinski definition) is 3. The van der Waals surface area contributed by atoms with Crippen LogP contribution in [-0.2, 0) is 9.53 Å². The van der Waals surface area contributed by atoms with Crippen molar-refractivity contribution in [2.45, 2.75) is 51.1 Å². The Balaban J connectivity index is 2.02. The molecule has 1 saturated carbocycles. The number of rotatable bonds is 1. The Morgan fingerprint density at radius 3 is 2.82 bits per heavy atom. The monoisotopic (exact) mass is 240 g/mol. The number of ether oxygens (including phenoxy) is 1. The lowest BCUT2D eigenvalue weighted by molar-refractivity contribution is -0.152. The van der Waals surface area contributed by atoms with Gasteiger partial charge in [0, 0.05) is 18.5 Å². The van der Waals surface area contributed by atoms with E-state index in [4.69, 9.17) is 10.5 Å². The second-order valence-electron chi connectivity index (χ2n) is 5.98. The molecule has 98 valence electrons. The average Bonchev–Trinajstić information content (AvgIpc) is 2.27. The van der Waals surface area contributed by atoms with Crippen molar-refractivity contribution in [1.29, 1.82) is 0 Å². The highest BCUT2D eigenvalue weighted by Gasteiger charge is 2.38. The Bertz CT molecular complexity index is 291. The minimum absolute atomic E-state index is 0.135. The van der Waals surface area contributed by atoms with E-state index in [0.717, 1.165) is 32.2 Å². The molecule has 2 N–H and O–H groups in total. The van der Waals surface area contributed by atoms with Gasteiger partial charge in [-0.1, -0.05) is 6.42 Å². The second kappa shape index (κ2) is 4.94. The second-order valence-corrected chi connectivity index (χ2v) is 5.98. The number of carbonyl (C=O) groups is 1. The molecule has 2 aliphatic rings. The topological polar surface area (TPSA) is 55.6 Å². The van der Waals surface area contributed by atoms with Crippen LogP contribution in [0.1, 0.15) is 39.5 Å². The third-order valence-corrected chi connectivity index (χ3v) is 3.98. The molecule has 17 heavy (non-hydrogen) atoms. The highest BCUT2D eigenvalue weighted by molar-refractivity contribution is 5.80. The minimum atomic E-state index is -0.170. The largest absolute Gasteiger partial charge is 0.377 e. The summed E-state index contributed by atoms with van der Waals surface area (Å²) in [6, 6.07) is 0.210. The maximum atomic E-state index is 12.5. The first-order valence-electron chi connectivity index (χ1n) is 6.65. The van der Waals surface area contributed by atoms with Crippen LogP contribution in [-0.4, -0.2) is 42.1 Å². The van der Waals surface area contributed by atoms with Gasteiger partial charge in [-0.2, -0.15) is 0 Å². The molecule has 0 spiro atoms. The number of amides is 1. The molecular weight excluding hydrogens is 216 g/mol. The lowest BCUT2D eigenvalue weighted by atomic mass is 9.84. The van der Waals surface area contributed by atoms with E-state index < -0.39 is 0 Å². The van der Waals surface area contributed by atoms with E-state index in [1.165, 1.54) is 0 Å². The molecule has 4 nitrogen and oxygen atoms in total. The number of carbonyl (C=O) groups excluding carboxylic acids is 1. The number of nitrogens with zero attached hydrogens (tertiary/aromatic N) is 1. The summed E-state index contributed by atoms with van der Waals surface area (Å²) in [7, 11) is 0. The lowest BCUT2D eigenvalue weighted by Gasteiger charge is -2.44. The van der Waals surface area contributed by atoms with Gasteiger partial charge in [-0.15, -0.1) is 0 Å². The van der Waals surface area contributed by atoms with Crippen LogP contribution in [0.4, 0.5) is 0 Å². The van der Waals surface area contributed by atoms with E-state index in [1.807, 2.05) is 4.90 Å².